The first-order valence-corrected chi connectivity index (χ1v) is 39.0. The number of amides is 13. The molecule has 0 saturated carbocycles. The Morgan fingerprint density at radius 3 is 1.45 bits per heavy atom. The van der Waals surface area contributed by atoms with Crippen molar-refractivity contribution in [2.45, 2.75) is 192 Å². The summed E-state index contributed by atoms with van der Waals surface area (Å²) in [5.74, 6) is -12.1. The van der Waals surface area contributed by atoms with Crippen molar-refractivity contribution in [3.8, 4) is 0 Å². The Bertz CT molecular complexity index is 4350. The van der Waals surface area contributed by atoms with Crippen LogP contribution < -0.4 is 70.0 Å². The van der Waals surface area contributed by atoms with Crippen LogP contribution in [0, 0.1) is 11.8 Å². The fraction of sp³-hybridized carbons (Fsp3) is 0.481. The molecule has 0 aliphatic heterocycles. The van der Waals surface area contributed by atoms with Gasteiger partial charge in [0.05, 0.1) is 45.0 Å². The Morgan fingerprint density at radius 2 is 0.922 bits per heavy atom. The number of alkyl halides is 1. The molecule has 3 aromatic carbocycles. The number of fused-ring (bicyclic) bond motifs is 2. The zero-order valence-corrected chi connectivity index (χ0v) is 66.2. The smallest absolute Gasteiger partial charge is 0.245 e. The Morgan fingerprint density at radius 1 is 0.461 bits per heavy atom. The summed E-state index contributed by atoms with van der Waals surface area (Å²) in [5.41, 5.74) is 15.4. The van der Waals surface area contributed by atoms with Gasteiger partial charge in [-0.3, -0.25) is 62.3 Å². The van der Waals surface area contributed by atoms with E-state index in [1.54, 1.807) is 101 Å². The number of rotatable bonds is 51. The van der Waals surface area contributed by atoms with Crippen LogP contribution >= 0.6 is 11.6 Å². The average molecular weight is 1620 g/mol. The normalized spacial score (nSPS) is 14.5. The lowest BCUT2D eigenvalue weighted by molar-refractivity contribution is -0.137. The molecular weight excluding hydrogens is 1510 g/mol. The highest BCUT2D eigenvalue weighted by molar-refractivity contribution is 6.17. The summed E-state index contributed by atoms with van der Waals surface area (Å²) in [6.45, 7) is 10.9. The number of aromatic amines is 4. The lowest BCUT2D eigenvalue weighted by atomic mass is 9.96. The van der Waals surface area contributed by atoms with Gasteiger partial charge in [-0.1, -0.05) is 114 Å². The Hall–Kier alpha value is -11.6. The van der Waals surface area contributed by atoms with Crippen LogP contribution in [-0.4, -0.2) is 217 Å². The van der Waals surface area contributed by atoms with Gasteiger partial charge in [0.15, 0.2) is 0 Å². The number of primary amides is 2. The number of hydrogen-bond acceptors (Lipinski definition) is 18. The van der Waals surface area contributed by atoms with E-state index in [0.717, 1.165) is 36.6 Å². The molecule has 35 nitrogen and oxygen atoms in total. The molecule has 0 spiro atoms. The van der Waals surface area contributed by atoms with Gasteiger partial charge in [-0.15, -0.1) is 11.6 Å². The highest BCUT2D eigenvalue weighted by Gasteiger charge is 2.39. The lowest BCUT2D eigenvalue weighted by Gasteiger charge is -2.30. The molecule has 4 heterocycles. The molecule has 0 fully saturated rings. The number of aliphatic hydroxyl groups is 1. The minimum absolute atomic E-state index is 0.0531. The van der Waals surface area contributed by atoms with Crippen molar-refractivity contribution in [3.05, 3.63) is 144 Å². The van der Waals surface area contributed by atoms with Gasteiger partial charge in [0.25, 0.3) is 0 Å². The molecule has 13 amide bonds. The van der Waals surface area contributed by atoms with E-state index in [-0.39, 0.29) is 58.1 Å². The van der Waals surface area contributed by atoms with Gasteiger partial charge in [0.2, 0.25) is 76.8 Å². The number of ether oxygens (including phenoxy) is 2. The molecule has 0 saturated heterocycles. The van der Waals surface area contributed by atoms with Gasteiger partial charge >= 0.3 is 0 Å². The number of halogens is 1. The van der Waals surface area contributed by atoms with E-state index in [1.807, 2.05) is 18.2 Å². The SMILES string of the molecule is CC[C@H](C)C(NC(=O)[C@H](Cc1cnc[nH]1)NC(=O)[C@H](Cc1ccccc1)NC(=O)C(NC(=O)[C@H](C)NC(=O)[C@H](CC(N)=O)NC(=O)[C@H](Cc1c[nH]c2ccccc12)NC(=O)[C@H](NC(=O)CCC(=O)NCCOCCOCCCCCCCl)C(C)C)[C@@H](C)O)C(=O)N[C@@H](Cc1c[nH]c2ccccc12)C(=O)N[C@@H](Cc1cnc[nH]1)C(N)=O. The zero-order valence-electron chi connectivity index (χ0n) is 65.4. The topological polar surface area (TPSA) is 534 Å². The molecule has 622 valence electrons. The summed E-state index contributed by atoms with van der Waals surface area (Å²) >= 11 is 5.72. The van der Waals surface area contributed by atoms with Crippen molar-refractivity contribution in [3.63, 3.8) is 0 Å². The van der Waals surface area contributed by atoms with E-state index in [0.29, 0.717) is 71.1 Å². The van der Waals surface area contributed by atoms with Crippen LogP contribution in [0.15, 0.2) is 116 Å². The average Bonchev–Trinajstić information content (AvgIpc) is 1.74. The quantitative estimate of drug-likeness (QED) is 0.0184. The number of carbonyl (C=O) groups is 13. The monoisotopic (exact) mass is 1610 g/mol. The van der Waals surface area contributed by atoms with E-state index >= 15 is 0 Å². The number of imidazole rings is 2. The summed E-state index contributed by atoms with van der Waals surface area (Å²) in [4.78, 5) is 203. The van der Waals surface area contributed by atoms with E-state index in [4.69, 9.17) is 32.5 Å². The largest absolute Gasteiger partial charge is 0.391 e. The number of carbonyl (C=O) groups excluding carboxylic acids is 13. The van der Waals surface area contributed by atoms with Crippen LogP contribution in [0.5, 0.6) is 0 Å². The molecule has 4 aromatic heterocycles. The molecule has 36 heteroatoms. The minimum Gasteiger partial charge on any atom is -0.391 e. The standard InChI is InChI=1S/C79H108ClN19O16/c1-7-46(4)68(78(112)96-60(34-50-39-86-56-23-15-13-21-54(50)56)74(108)91-58(70(82)104)36-52-41-83-43-88-52)98-76(110)62(37-53-42-84-44-89-53)92-73(107)59(33-49-19-11-10-12-20-49)94-79(113)69(48(6)100)99-71(105)47(5)90-72(106)63(38-64(81)101)93-75(109)61(35-51-40-87-57-24-16-14-22-55(51)57)95-77(111)67(45(2)3)97-66(103)26-25-65(102)85-28-30-115-32-31-114-29-18-9-8-17-27-80/h10-16,19-24,39-48,58-63,67-69,86-87,100H,7-9,17-18,25-38H2,1-6H3,(H2,81,101)(H2,82,104)(H,83,88)(H,84,89)(H,85,102)(H,90,106)(H,91,108)(H,92,107)(H,93,109)(H,94,113)(H,95,111)(H,96,112)(H,97,103)(H,98,110)(H,99,105)/t46-,47-,48+,58-,59-,60-,61-,62-,63-,67+,68?,69?/m0/s1. The maximum absolute atomic E-state index is 14.9. The van der Waals surface area contributed by atoms with Gasteiger partial charge in [-0.25, -0.2) is 9.97 Å². The van der Waals surface area contributed by atoms with Crippen LogP contribution in [0.1, 0.15) is 121 Å². The van der Waals surface area contributed by atoms with Crippen molar-refractivity contribution < 1.29 is 76.9 Å². The van der Waals surface area contributed by atoms with Crippen molar-refractivity contribution in [1.29, 1.82) is 0 Å². The van der Waals surface area contributed by atoms with Crippen molar-refractivity contribution in [1.82, 2.24) is 88.4 Å². The second-order valence-corrected chi connectivity index (χ2v) is 29.0. The molecule has 7 rings (SSSR count). The van der Waals surface area contributed by atoms with Crippen LogP contribution in [0.4, 0.5) is 0 Å². The van der Waals surface area contributed by atoms with E-state index in [9.17, 15) is 67.4 Å². The third-order valence-corrected chi connectivity index (χ3v) is 19.5. The second kappa shape index (κ2) is 46.6. The number of nitrogens with two attached hydrogens (primary N) is 2. The Kier molecular flexibility index (Phi) is 36.7. The predicted octanol–water partition coefficient (Wildman–Crippen LogP) is 0.649. The zero-order chi connectivity index (χ0) is 83.5. The molecule has 0 aliphatic carbocycles. The van der Waals surface area contributed by atoms with Crippen molar-refractivity contribution >= 4 is 110 Å². The van der Waals surface area contributed by atoms with Gasteiger partial charge in [-0.05, 0) is 67.3 Å². The maximum atomic E-state index is 14.9. The third-order valence-electron chi connectivity index (χ3n) is 19.2. The fourth-order valence-corrected chi connectivity index (χ4v) is 12.7. The van der Waals surface area contributed by atoms with Crippen molar-refractivity contribution in [2.24, 2.45) is 23.3 Å². The van der Waals surface area contributed by atoms with Crippen LogP contribution in [0.25, 0.3) is 21.8 Å². The number of hydrogen-bond donors (Lipinski definition) is 18. The first kappa shape index (κ1) is 90.6. The number of aliphatic hydroxyl groups excluding tert-OH is 1. The number of para-hydroxylation sites is 2. The van der Waals surface area contributed by atoms with Gasteiger partial charge < -0.3 is 104 Å². The number of nitrogens with zero attached hydrogens (tertiary/aromatic N) is 2. The first-order valence-electron chi connectivity index (χ1n) is 38.5. The van der Waals surface area contributed by atoms with Crippen LogP contribution in [0.3, 0.4) is 0 Å². The predicted molar refractivity (Wildman–Crippen MR) is 426 cm³/mol. The summed E-state index contributed by atoms with van der Waals surface area (Å²) in [7, 11) is 0. The number of H-pyrrole nitrogens is 4. The Balaban J connectivity index is 1.02. The fourth-order valence-electron chi connectivity index (χ4n) is 12.5. The van der Waals surface area contributed by atoms with Gasteiger partial charge in [0.1, 0.15) is 60.4 Å². The molecule has 0 radical (unpaired) electrons. The van der Waals surface area contributed by atoms with E-state index in [2.05, 4.69) is 88.4 Å². The maximum Gasteiger partial charge on any atom is 0.245 e. The summed E-state index contributed by atoms with van der Waals surface area (Å²) in [6, 6.07) is 7.69. The number of nitrogens with one attached hydrogen (secondary N) is 15. The molecule has 7 aromatic rings. The van der Waals surface area contributed by atoms with E-state index in [1.165, 1.54) is 38.9 Å². The third kappa shape index (κ3) is 29.4. The summed E-state index contributed by atoms with van der Waals surface area (Å²) < 4.78 is 11.1. The Labute approximate surface area is 670 Å². The highest BCUT2D eigenvalue weighted by Crippen LogP contribution is 2.23. The number of benzene rings is 3. The van der Waals surface area contributed by atoms with E-state index < -0.39 is 162 Å². The van der Waals surface area contributed by atoms with Crippen molar-refractivity contribution in [2.75, 3.05) is 38.9 Å². The minimum atomic E-state index is -1.86. The first-order chi connectivity index (χ1) is 55.1. The highest BCUT2D eigenvalue weighted by atomic mass is 35.5. The molecule has 20 N–H and O–H groups in total. The van der Waals surface area contributed by atoms with Gasteiger partial charge in [-0.2, -0.15) is 0 Å². The molecule has 0 bridgehead atoms. The second-order valence-electron chi connectivity index (χ2n) is 28.6. The number of unbranched alkanes of at least 4 members (excludes halogenated alkanes) is 3. The molecule has 12 atom stereocenters. The number of aromatic nitrogens is 6. The van der Waals surface area contributed by atoms with Gasteiger partial charge in [0, 0.05) is 122 Å². The molecule has 2 unspecified atom stereocenters. The summed E-state index contributed by atoms with van der Waals surface area (Å²) in [5, 5.41) is 41.5. The molecule has 115 heavy (non-hydrogen) atoms. The lowest BCUT2D eigenvalue weighted by Crippen LogP contribution is -2.62. The summed E-state index contributed by atoms with van der Waals surface area (Å²) in [6.07, 6.45) is 9.31. The van der Waals surface area contributed by atoms with Crippen LogP contribution in [-0.2, 0) is 104 Å². The molecular formula is C79H108ClN19O16. The van der Waals surface area contributed by atoms with Crippen LogP contribution in [0.2, 0.25) is 0 Å². The molecule has 0 aliphatic rings.